The molecule has 1 heterocycles. The topological polar surface area (TPSA) is 95.6 Å². The first-order valence-electron chi connectivity index (χ1n) is 7.41. The SMILES string of the molecule is C[C@@H](NS(=O)(=O)CCN1C(=O)NC(C)(C)C1=O)c1cccc(Br)c1. The smallest absolute Gasteiger partial charge is 0.324 e. The van der Waals surface area contributed by atoms with E-state index in [0.717, 1.165) is 14.9 Å². The van der Waals surface area contributed by atoms with E-state index >= 15 is 0 Å². The highest BCUT2D eigenvalue weighted by molar-refractivity contribution is 9.10. The number of imide groups is 1. The van der Waals surface area contributed by atoms with E-state index in [9.17, 15) is 18.0 Å². The third-order valence-corrected chi connectivity index (χ3v) is 5.66. The number of sulfonamides is 1. The fourth-order valence-corrected chi connectivity index (χ4v) is 4.04. The van der Waals surface area contributed by atoms with Gasteiger partial charge in [0, 0.05) is 17.1 Å². The maximum Gasteiger partial charge on any atom is 0.325 e. The van der Waals surface area contributed by atoms with Gasteiger partial charge in [-0.25, -0.2) is 17.9 Å². The molecule has 1 aliphatic heterocycles. The number of amides is 3. The van der Waals surface area contributed by atoms with Crippen molar-refractivity contribution in [3.8, 4) is 0 Å². The van der Waals surface area contributed by atoms with Gasteiger partial charge in [-0.15, -0.1) is 0 Å². The number of carbonyl (C=O) groups excluding carboxylic acids is 2. The molecule has 0 radical (unpaired) electrons. The van der Waals surface area contributed by atoms with Crippen LogP contribution in [0.1, 0.15) is 32.4 Å². The molecule has 1 aromatic carbocycles. The van der Waals surface area contributed by atoms with Crippen molar-refractivity contribution in [3.05, 3.63) is 34.3 Å². The van der Waals surface area contributed by atoms with E-state index < -0.39 is 33.5 Å². The van der Waals surface area contributed by atoms with E-state index in [4.69, 9.17) is 0 Å². The first-order chi connectivity index (χ1) is 11.0. The van der Waals surface area contributed by atoms with Crippen molar-refractivity contribution in [3.63, 3.8) is 0 Å². The van der Waals surface area contributed by atoms with Gasteiger partial charge in [0.25, 0.3) is 5.91 Å². The quantitative estimate of drug-likeness (QED) is 0.689. The van der Waals surface area contributed by atoms with Gasteiger partial charge in [-0.3, -0.25) is 9.69 Å². The molecule has 0 aromatic heterocycles. The van der Waals surface area contributed by atoms with Crippen molar-refractivity contribution in [2.45, 2.75) is 32.4 Å². The van der Waals surface area contributed by atoms with Crippen molar-refractivity contribution in [2.75, 3.05) is 12.3 Å². The van der Waals surface area contributed by atoms with Crippen LogP contribution in [0.2, 0.25) is 0 Å². The summed E-state index contributed by atoms with van der Waals surface area (Å²) in [4.78, 5) is 24.8. The van der Waals surface area contributed by atoms with Gasteiger partial charge in [0.15, 0.2) is 0 Å². The molecule has 1 aromatic rings. The lowest BCUT2D eigenvalue weighted by atomic mass is 10.1. The zero-order valence-corrected chi connectivity index (χ0v) is 16.1. The standard InChI is InChI=1S/C15H20BrN3O4S/c1-10(11-5-4-6-12(16)9-11)18-24(22,23)8-7-19-13(20)15(2,3)17-14(19)21/h4-6,9-10,18H,7-8H2,1-3H3,(H,17,21)/t10-/m1/s1. The number of hydrogen-bond donors (Lipinski definition) is 2. The summed E-state index contributed by atoms with van der Waals surface area (Å²) in [6.07, 6.45) is 0. The monoisotopic (exact) mass is 417 g/mol. The Morgan fingerprint density at radius 2 is 2.00 bits per heavy atom. The number of nitrogens with zero attached hydrogens (tertiary/aromatic N) is 1. The van der Waals surface area contributed by atoms with Crippen LogP contribution in [-0.4, -0.2) is 43.1 Å². The predicted molar refractivity (Wildman–Crippen MR) is 93.8 cm³/mol. The molecule has 7 nitrogen and oxygen atoms in total. The minimum Gasteiger partial charge on any atom is -0.324 e. The van der Waals surface area contributed by atoms with Gasteiger partial charge in [-0.05, 0) is 38.5 Å². The highest BCUT2D eigenvalue weighted by atomic mass is 79.9. The van der Waals surface area contributed by atoms with Crippen molar-refractivity contribution in [2.24, 2.45) is 0 Å². The lowest BCUT2D eigenvalue weighted by Crippen LogP contribution is -2.41. The lowest BCUT2D eigenvalue weighted by Gasteiger charge is -2.18. The van der Waals surface area contributed by atoms with Gasteiger partial charge in [0.1, 0.15) is 5.54 Å². The highest BCUT2D eigenvalue weighted by Gasteiger charge is 2.44. The third-order valence-electron chi connectivity index (χ3n) is 3.73. The second-order valence-corrected chi connectivity index (χ2v) is 9.01. The van der Waals surface area contributed by atoms with E-state index in [2.05, 4.69) is 26.0 Å². The van der Waals surface area contributed by atoms with E-state index in [-0.39, 0.29) is 12.3 Å². The second kappa shape index (κ2) is 6.81. The maximum atomic E-state index is 12.2. The van der Waals surface area contributed by atoms with Crippen molar-refractivity contribution in [1.29, 1.82) is 0 Å². The summed E-state index contributed by atoms with van der Waals surface area (Å²) in [5.74, 6) is -0.775. The summed E-state index contributed by atoms with van der Waals surface area (Å²) in [5.41, 5.74) is -0.193. The number of hydrogen-bond acceptors (Lipinski definition) is 4. The average molecular weight is 418 g/mol. The zero-order valence-electron chi connectivity index (χ0n) is 13.7. The van der Waals surface area contributed by atoms with Gasteiger partial charge < -0.3 is 5.32 Å². The first kappa shape index (κ1) is 18.9. The molecule has 1 fully saturated rings. The Morgan fingerprint density at radius 1 is 1.33 bits per heavy atom. The van der Waals surface area contributed by atoms with Crippen LogP contribution in [0.3, 0.4) is 0 Å². The summed E-state index contributed by atoms with van der Waals surface area (Å²) in [6.45, 7) is 4.70. The zero-order chi connectivity index (χ0) is 18.1. The Balaban J connectivity index is 1.99. The molecule has 0 saturated carbocycles. The Bertz CT molecular complexity index is 764. The van der Waals surface area contributed by atoms with E-state index in [1.165, 1.54) is 0 Å². The lowest BCUT2D eigenvalue weighted by molar-refractivity contribution is -0.130. The van der Waals surface area contributed by atoms with Crippen LogP contribution in [0.4, 0.5) is 4.79 Å². The fraction of sp³-hybridized carbons (Fsp3) is 0.467. The van der Waals surface area contributed by atoms with Crippen LogP contribution in [-0.2, 0) is 14.8 Å². The minimum atomic E-state index is -3.65. The van der Waals surface area contributed by atoms with Crippen LogP contribution >= 0.6 is 15.9 Å². The highest BCUT2D eigenvalue weighted by Crippen LogP contribution is 2.19. The molecule has 0 unspecified atom stereocenters. The molecule has 24 heavy (non-hydrogen) atoms. The molecule has 1 atom stereocenters. The molecule has 2 rings (SSSR count). The largest absolute Gasteiger partial charge is 0.325 e. The fourth-order valence-electron chi connectivity index (χ4n) is 2.40. The van der Waals surface area contributed by atoms with E-state index in [1.807, 2.05) is 24.3 Å². The molecule has 3 amide bonds. The third kappa shape index (κ3) is 4.34. The van der Waals surface area contributed by atoms with Gasteiger partial charge in [-0.2, -0.15) is 0 Å². The molecular weight excluding hydrogens is 398 g/mol. The molecule has 2 N–H and O–H groups in total. The summed E-state index contributed by atoms with van der Waals surface area (Å²) in [7, 11) is -3.65. The Kier molecular flexibility index (Phi) is 5.36. The summed E-state index contributed by atoms with van der Waals surface area (Å²) in [6, 6.07) is 6.32. The molecule has 0 spiro atoms. The Hall–Kier alpha value is -1.45. The number of benzene rings is 1. The van der Waals surface area contributed by atoms with E-state index in [1.54, 1.807) is 20.8 Å². The molecule has 9 heteroatoms. The van der Waals surface area contributed by atoms with Crippen molar-refractivity contribution < 1.29 is 18.0 Å². The normalized spacial score (nSPS) is 18.6. The molecular formula is C15H20BrN3O4S. The van der Waals surface area contributed by atoms with Crippen LogP contribution in [0.15, 0.2) is 28.7 Å². The number of rotatable bonds is 6. The molecule has 0 bridgehead atoms. The Morgan fingerprint density at radius 3 is 2.54 bits per heavy atom. The maximum absolute atomic E-state index is 12.2. The van der Waals surface area contributed by atoms with Gasteiger partial charge in [0.2, 0.25) is 10.0 Å². The van der Waals surface area contributed by atoms with Crippen molar-refractivity contribution >= 4 is 37.9 Å². The second-order valence-electron chi connectivity index (χ2n) is 6.23. The number of halogens is 1. The molecule has 132 valence electrons. The van der Waals surface area contributed by atoms with Crippen molar-refractivity contribution in [1.82, 2.24) is 14.9 Å². The number of carbonyl (C=O) groups is 2. The summed E-state index contributed by atoms with van der Waals surface area (Å²) >= 11 is 3.34. The number of nitrogens with one attached hydrogen (secondary N) is 2. The van der Waals surface area contributed by atoms with Crippen LogP contribution < -0.4 is 10.0 Å². The summed E-state index contributed by atoms with van der Waals surface area (Å²) < 4.78 is 27.9. The molecule has 1 saturated heterocycles. The predicted octanol–water partition coefficient (Wildman–Crippen LogP) is 1.76. The minimum absolute atomic E-state index is 0.186. The van der Waals surface area contributed by atoms with Gasteiger partial charge in [-0.1, -0.05) is 28.1 Å². The molecule has 0 aliphatic carbocycles. The average Bonchev–Trinajstić information content (AvgIpc) is 2.65. The van der Waals surface area contributed by atoms with E-state index in [0.29, 0.717) is 0 Å². The van der Waals surface area contributed by atoms with Gasteiger partial charge in [0.05, 0.1) is 5.75 Å². The number of urea groups is 1. The van der Waals surface area contributed by atoms with Gasteiger partial charge >= 0.3 is 6.03 Å². The van der Waals surface area contributed by atoms with Crippen LogP contribution in [0.5, 0.6) is 0 Å². The Labute approximate surface area is 150 Å². The molecule has 1 aliphatic rings. The summed E-state index contributed by atoms with van der Waals surface area (Å²) in [5, 5.41) is 2.52. The van der Waals surface area contributed by atoms with Crippen LogP contribution in [0.25, 0.3) is 0 Å². The first-order valence-corrected chi connectivity index (χ1v) is 9.86. The van der Waals surface area contributed by atoms with Crippen LogP contribution in [0, 0.1) is 0 Å².